The summed E-state index contributed by atoms with van der Waals surface area (Å²) >= 11 is 3.39. The van der Waals surface area contributed by atoms with E-state index in [-0.39, 0.29) is 6.04 Å². The summed E-state index contributed by atoms with van der Waals surface area (Å²) in [4.78, 5) is 15.4. The number of fused-ring (bicyclic) bond motifs is 1. The molecule has 5 heteroatoms. The quantitative estimate of drug-likeness (QED) is 0.904. The zero-order valence-corrected chi connectivity index (χ0v) is 12.3. The Kier molecular flexibility index (Phi) is 4.04. The summed E-state index contributed by atoms with van der Waals surface area (Å²) in [7, 11) is 0. The van der Waals surface area contributed by atoms with Gasteiger partial charge in [0, 0.05) is 22.1 Å². The van der Waals surface area contributed by atoms with E-state index >= 15 is 0 Å². The Bertz CT molecular complexity index is 615. The Morgan fingerprint density at radius 3 is 2.84 bits per heavy atom. The van der Waals surface area contributed by atoms with Gasteiger partial charge in [0.25, 0.3) is 0 Å². The van der Waals surface area contributed by atoms with Crippen molar-refractivity contribution in [2.45, 2.75) is 19.9 Å². The average molecular weight is 323 g/mol. The summed E-state index contributed by atoms with van der Waals surface area (Å²) in [5.41, 5.74) is 1.70. The fourth-order valence-electron chi connectivity index (χ4n) is 1.83. The maximum absolute atomic E-state index is 11.0. The third-order valence-corrected chi connectivity index (χ3v) is 3.63. The second-order valence-electron chi connectivity index (χ2n) is 4.59. The van der Waals surface area contributed by atoms with Crippen molar-refractivity contribution in [3.05, 3.63) is 34.9 Å². The maximum atomic E-state index is 11.0. The number of para-hydroxylation sites is 1. The summed E-state index contributed by atoms with van der Waals surface area (Å²) in [6.45, 7) is 3.55. The molecule has 2 rings (SSSR count). The third-order valence-electron chi connectivity index (χ3n) is 3.20. The second-order valence-corrected chi connectivity index (χ2v) is 5.51. The Labute approximate surface area is 120 Å². The van der Waals surface area contributed by atoms with Crippen LogP contribution in [-0.4, -0.2) is 22.1 Å². The average Bonchev–Trinajstić information content (AvgIpc) is 2.37. The highest BCUT2D eigenvalue weighted by atomic mass is 79.9. The molecule has 0 aliphatic heterocycles. The normalized spacial score (nSPS) is 14.1. The van der Waals surface area contributed by atoms with Crippen LogP contribution in [-0.2, 0) is 4.79 Å². The first-order valence-corrected chi connectivity index (χ1v) is 6.82. The van der Waals surface area contributed by atoms with Gasteiger partial charge in [0.05, 0.1) is 17.1 Å². The molecule has 2 N–H and O–H groups in total. The molecule has 100 valence electrons. The minimum Gasteiger partial charge on any atom is -0.481 e. The third kappa shape index (κ3) is 3.04. The van der Waals surface area contributed by atoms with Gasteiger partial charge >= 0.3 is 5.97 Å². The van der Waals surface area contributed by atoms with Crippen LogP contribution in [0.25, 0.3) is 10.9 Å². The van der Waals surface area contributed by atoms with Gasteiger partial charge in [-0.1, -0.05) is 12.1 Å². The molecule has 0 aliphatic rings. The molecular weight excluding hydrogens is 308 g/mol. The Morgan fingerprint density at radius 2 is 2.16 bits per heavy atom. The van der Waals surface area contributed by atoms with E-state index in [2.05, 4.69) is 26.2 Å². The first-order valence-electron chi connectivity index (χ1n) is 6.02. The van der Waals surface area contributed by atoms with Gasteiger partial charge in [0.15, 0.2) is 0 Å². The van der Waals surface area contributed by atoms with Gasteiger partial charge in [0.2, 0.25) is 0 Å². The van der Waals surface area contributed by atoms with Gasteiger partial charge in [-0.2, -0.15) is 0 Å². The van der Waals surface area contributed by atoms with Gasteiger partial charge in [-0.25, -0.2) is 0 Å². The lowest BCUT2D eigenvalue weighted by molar-refractivity contribution is -0.141. The van der Waals surface area contributed by atoms with E-state index in [0.717, 1.165) is 21.1 Å². The number of nitrogens with zero attached hydrogens (tertiary/aromatic N) is 1. The molecule has 0 saturated heterocycles. The summed E-state index contributed by atoms with van der Waals surface area (Å²) in [6.07, 6.45) is 1.73. The van der Waals surface area contributed by atoms with Gasteiger partial charge in [-0.3, -0.25) is 9.78 Å². The number of benzene rings is 1. The van der Waals surface area contributed by atoms with E-state index in [4.69, 9.17) is 5.11 Å². The molecule has 1 heterocycles. The van der Waals surface area contributed by atoms with Gasteiger partial charge < -0.3 is 10.4 Å². The zero-order chi connectivity index (χ0) is 14.0. The molecule has 0 aliphatic carbocycles. The van der Waals surface area contributed by atoms with Crippen LogP contribution in [0.15, 0.2) is 34.9 Å². The molecule has 0 saturated carbocycles. The topological polar surface area (TPSA) is 62.2 Å². The number of carboxylic acids is 1. The molecule has 19 heavy (non-hydrogen) atoms. The Hall–Kier alpha value is -1.62. The van der Waals surface area contributed by atoms with Crippen molar-refractivity contribution in [3.8, 4) is 0 Å². The van der Waals surface area contributed by atoms with Crippen LogP contribution >= 0.6 is 15.9 Å². The number of hydrogen-bond donors (Lipinski definition) is 2. The smallest absolute Gasteiger partial charge is 0.308 e. The number of anilines is 1. The fourth-order valence-corrected chi connectivity index (χ4v) is 2.18. The van der Waals surface area contributed by atoms with Crippen molar-refractivity contribution in [3.63, 3.8) is 0 Å². The van der Waals surface area contributed by atoms with E-state index in [9.17, 15) is 4.79 Å². The van der Waals surface area contributed by atoms with Crippen LogP contribution in [0.3, 0.4) is 0 Å². The van der Waals surface area contributed by atoms with Crippen molar-refractivity contribution in [2.24, 2.45) is 5.92 Å². The first kappa shape index (κ1) is 13.8. The number of aromatic nitrogens is 1. The van der Waals surface area contributed by atoms with E-state index in [1.807, 2.05) is 31.2 Å². The molecule has 2 aromatic rings. The summed E-state index contributed by atoms with van der Waals surface area (Å²) in [6, 6.07) is 7.63. The largest absolute Gasteiger partial charge is 0.481 e. The lowest BCUT2D eigenvalue weighted by atomic mass is 10.0. The van der Waals surface area contributed by atoms with Gasteiger partial charge in [-0.15, -0.1) is 0 Å². The summed E-state index contributed by atoms with van der Waals surface area (Å²) < 4.78 is 0.920. The van der Waals surface area contributed by atoms with Gasteiger partial charge in [0.1, 0.15) is 0 Å². The molecular formula is C14H15BrN2O2. The van der Waals surface area contributed by atoms with Crippen molar-refractivity contribution < 1.29 is 9.90 Å². The van der Waals surface area contributed by atoms with Gasteiger partial charge in [-0.05, 0) is 41.9 Å². The standard InChI is InChI=1S/C14H15BrN2O2/c1-8(14(18)19)9(2)17-12-5-3-4-10-6-11(15)7-16-13(10)12/h3-9,17H,1-2H3,(H,18,19). The highest BCUT2D eigenvalue weighted by Crippen LogP contribution is 2.25. The van der Waals surface area contributed by atoms with Crippen molar-refractivity contribution in [1.82, 2.24) is 4.98 Å². The van der Waals surface area contributed by atoms with E-state index in [1.165, 1.54) is 0 Å². The molecule has 0 bridgehead atoms. The van der Waals surface area contributed by atoms with Crippen LogP contribution in [0.1, 0.15) is 13.8 Å². The van der Waals surface area contributed by atoms with Crippen LogP contribution in [0.2, 0.25) is 0 Å². The number of rotatable bonds is 4. The maximum Gasteiger partial charge on any atom is 0.308 e. The highest BCUT2D eigenvalue weighted by molar-refractivity contribution is 9.10. The van der Waals surface area contributed by atoms with E-state index in [1.54, 1.807) is 13.1 Å². The second kappa shape index (κ2) is 5.57. The van der Waals surface area contributed by atoms with Crippen LogP contribution in [0, 0.1) is 5.92 Å². The molecule has 0 amide bonds. The van der Waals surface area contributed by atoms with E-state index in [0.29, 0.717) is 0 Å². The van der Waals surface area contributed by atoms with E-state index < -0.39 is 11.9 Å². The molecule has 1 aromatic carbocycles. The molecule has 4 nitrogen and oxygen atoms in total. The fraction of sp³-hybridized carbons (Fsp3) is 0.286. The van der Waals surface area contributed by atoms with Crippen molar-refractivity contribution >= 4 is 38.5 Å². The Morgan fingerprint density at radius 1 is 1.42 bits per heavy atom. The SMILES string of the molecule is CC(Nc1cccc2cc(Br)cnc12)C(C)C(=O)O. The predicted octanol–water partition coefficient (Wildman–Crippen LogP) is 3.52. The molecule has 2 atom stereocenters. The number of carbonyl (C=O) groups is 1. The predicted molar refractivity (Wildman–Crippen MR) is 79.3 cm³/mol. The summed E-state index contributed by atoms with van der Waals surface area (Å²) in [5, 5.41) is 13.3. The zero-order valence-electron chi connectivity index (χ0n) is 10.7. The Balaban J connectivity index is 2.33. The van der Waals surface area contributed by atoms with Crippen LogP contribution in [0.4, 0.5) is 5.69 Å². The molecule has 2 unspecified atom stereocenters. The highest BCUT2D eigenvalue weighted by Gasteiger charge is 2.19. The molecule has 0 spiro atoms. The number of hydrogen-bond acceptors (Lipinski definition) is 3. The van der Waals surface area contributed by atoms with Crippen molar-refractivity contribution in [1.29, 1.82) is 0 Å². The monoisotopic (exact) mass is 322 g/mol. The van der Waals surface area contributed by atoms with Crippen LogP contribution in [0.5, 0.6) is 0 Å². The van der Waals surface area contributed by atoms with Crippen LogP contribution < -0.4 is 5.32 Å². The lowest BCUT2D eigenvalue weighted by Crippen LogP contribution is -2.29. The minimum absolute atomic E-state index is 0.173. The molecule has 0 fully saturated rings. The molecule has 1 aromatic heterocycles. The number of aliphatic carboxylic acids is 1. The number of nitrogens with one attached hydrogen (secondary N) is 1. The lowest BCUT2D eigenvalue weighted by Gasteiger charge is -2.19. The number of carboxylic acid groups (broad SMARTS) is 1. The van der Waals surface area contributed by atoms with Crippen molar-refractivity contribution in [2.75, 3.05) is 5.32 Å². The molecule has 0 radical (unpaired) electrons. The summed E-state index contributed by atoms with van der Waals surface area (Å²) in [5.74, 6) is -1.28. The number of pyridine rings is 1. The first-order chi connectivity index (χ1) is 8.99. The number of halogens is 1. The minimum atomic E-state index is -0.809.